The van der Waals surface area contributed by atoms with Gasteiger partial charge in [0.1, 0.15) is 5.82 Å². The SMILES string of the molecule is Fc1cccc(C=CCBr)c1Br. The molecule has 1 rings (SSSR count). The molecule has 3 heteroatoms. The molecule has 0 unspecified atom stereocenters. The van der Waals surface area contributed by atoms with Gasteiger partial charge in [0.15, 0.2) is 0 Å². The summed E-state index contributed by atoms with van der Waals surface area (Å²) in [5, 5.41) is 0.774. The molecule has 0 aliphatic rings. The quantitative estimate of drug-likeness (QED) is 0.723. The van der Waals surface area contributed by atoms with Crippen LogP contribution in [0.15, 0.2) is 28.7 Å². The van der Waals surface area contributed by atoms with Gasteiger partial charge in [-0.05, 0) is 27.6 Å². The molecule has 1 aromatic carbocycles. The Morgan fingerprint density at radius 1 is 1.42 bits per heavy atom. The van der Waals surface area contributed by atoms with Crippen molar-refractivity contribution in [2.24, 2.45) is 0 Å². The molecule has 0 spiro atoms. The van der Waals surface area contributed by atoms with Crippen LogP contribution in [0, 0.1) is 5.82 Å². The number of hydrogen-bond acceptors (Lipinski definition) is 0. The highest BCUT2D eigenvalue weighted by Gasteiger charge is 2.00. The van der Waals surface area contributed by atoms with E-state index in [0.717, 1.165) is 10.9 Å². The summed E-state index contributed by atoms with van der Waals surface area (Å²) in [4.78, 5) is 0. The molecule has 0 radical (unpaired) electrons. The number of hydrogen-bond donors (Lipinski definition) is 0. The maximum Gasteiger partial charge on any atom is 0.137 e. The van der Waals surface area contributed by atoms with Crippen LogP contribution in [0.25, 0.3) is 6.08 Å². The second-order valence-electron chi connectivity index (χ2n) is 2.20. The zero-order chi connectivity index (χ0) is 8.97. The molecular weight excluding hydrogens is 287 g/mol. The molecule has 0 amide bonds. The molecular formula is C9H7Br2F. The summed E-state index contributed by atoms with van der Waals surface area (Å²) >= 11 is 6.42. The molecule has 0 aromatic heterocycles. The summed E-state index contributed by atoms with van der Waals surface area (Å²) in [6, 6.07) is 4.97. The Balaban J connectivity index is 3.00. The molecule has 0 nitrogen and oxygen atoms in total. The Morgan fingerprint density at radius 2 is 2.17 bits per heavy atom. The van der Waals surface area contributed by atoms with E-state index in [1.165, 1.54) is 6.07 Å². The lowest BCUT2D eigenvalue weighted by atomic mass is 10.2. The molecule has 12 heavy (non-hydrogen) atoms. The summed E-state index contributed by atoms with van der Waals surface area (Å²) in [6.45, 7) is 0. The standard InChI is InChI=1S/C9H7Br2F/c10-6-2-4-7-3-1-5-8(12)9(7)11/h1-5H,6H2. The van der Waals surface area contributed by atoms with Crippen LogP contribution in [-0.2, 0) is 0 Å². The molecule has 0 fully saturated rings. The van der Waals surface area contributed by atoms with E-state index in [0.29, 0.717) is 4.47 Å². The summed E-state index contributed by atoms with van der Waals surface area (Å²) < 4.78 is 13.4. The highest BCUT2D eigenvalue weighted by molar-refractivity contribution is 9.10. The maximum atomic E-state index is 12.9. The molecule has 0 bridgehead atoms. The van der Waals surface area contributed by atoms with E-state index in [1.54, 1.807) is 6.07 Å². The van der Waals surface area contributed by atoms with Crippen LogP contribution in [0.1, 0.15) is 5.56 Å². The maximum absolute atomic E-state index is 12.9. The van der Waals surface area contributed by atoms with Gasteiger partial charge in [-0.2, -0.15) is 0 Å². The van der Waals surface area contributed by atoms with Crippen molar-refractivity contribution in [3.05, 3.63) is 40.1 Å². The third kappa shape index (κ3) is 2.42. The zero-order valence-electron chi connectivity index (χ0n) is 6.23. The molecule has 0 aliphatic carbocycles. The highest BCUT2D eigenvalue weighted by Crippen LogP contribution is 2.21. The van der Waals surface area contributed by atoms with Crippen molar-refractivity contribution in [2.45, 2.75) is 0 Å². The van der Waals surface area contributed by atoms with Gasteiger partial charge in [0.2, 0.25) is 0 Å². The molecule has 0 saturated carbocycles. The molecule has 1 aromatic rings. The lowest BCUT2D eigenvalue weighted by Gasteiger charge is -1.98. The first-order chi connectivity index (χ1) is 5.75. The zero-order valence-corrected chi connectivity index (χ0v) is 9.40. The summed E-state index contributed by atoms with van der Waals surface area (Å²) in [5.41, 5.74) is 0.856. The van der Waals surface area contributed by atoms with Crippen molar-refractivity contribution >= 4 is 37.9 Å². The van der Waals surface area contributed by atoms with Crippen molar-refractivity contribution in [1.82, 2.24) is 0 Å². The van der Waals surface area contributed by atoms with Crippen LogP contribution in [0.3, 0.4) is 0 Å². The fourth-order valence-electron chi connectivity index (χ4n) is 0.821. The Bertz CT molecular complexity index is 295. The Hall–Kier alpha value is -0.150. The van der Waals surface area contributed by atoms with Gasteiger partial charge in [-0.1, -0.05) is 40.2 Å². The third-order valence-corrected chi connectivity index (χ3v) is 2.58. The van der Waals surface area contributed by atoms with Crippen molar-refractivity contribution in [1.29, 1.82) is 0 Å². The number of rotatable bonds is 2. The summed E-state index contributed by atoms with van der Waals surface area (Å²) in [7, 11) is 0. The van der Waals surface area contributed by atoms with Gasteiger partial charge in [0.25, 0.3) is 0 Å². The fraction of sp³-hybridized carbons (Fsp3) is 0.111. The largest absolute Gasteiger partial charge is 0.206 e. The normalized spacial score (nSPS) is 10.9. The number of benzene rings is 1. The Labute approximate surface area is 87.7 Å². The van der Waals surface area contributed by atoms with E-state index < -0.39 is 0 Å². The third-order valence-electron chi connectivity index (χ3n) is 1.37. The van der Waals surface area contributed by atoms with E-state index in [2.05, 4.69) is 31.9 Å². The van der Waals surface area contributed by atoms with Gasteiger partial charge >= 0.3 is 0 Å². The minimum absolute atomic E-state index is 0.230. The van der Waals surface area contributed by atoms with E-state index in [-0.39, 0.29) is 5.82 Å². The predicted octanol–water partition coefficient (Wildman–Crippen LogP) is 4.00. The summed E-state index contributed by atoms with van der Waals surface area (Å²) in [5.74, 6) is -0.230. The first-order valence-electron chi connectivity index (χ1n) is 3.42. The van der Waals surface area contributed by atoms with Gasteiger partial charge in [0, 0.05) is 5.33 Å². The molecule has 64 valence electrons. The average molecular weight is 294 g/mol. The van der Waals surface area contributed by atoms with Gasteiger partial charge in [0.05, 0.1) is 4.47 Å². The molecule has 0 aliphatic heterocycles. The van der Waals surface area contributed by atoms with E-state index >= 15 is 0 Å². The van der Waals surface area contributed by atoms with Crippen LogP contribution in [0.2, 0.25) is 0 Å². The topological polar surface area (TPSA) is 0 Å². The van der Waals surface area contributed by atoms with Gasteiger partial charge in [-0.25, -0.2) is 4.39 Å². The van der Waals surface area contributed by atoms with Crippen molar-refractivity contribution in [3.8, 4) is 0 Å². The van der Waals surface area contributed by atoms with E-state index in [9.17, 15) is 4.39 Å². The van der Waals surface area contributed by atoms with Crippen molar-refractivity contribution in [3.63, 3.8) is 0 Å². The lowest BCUT2D eigenvalue weighted by molar-refractivity contribution is 0.621. The second-order valence-corrected chi connectivity index (χ2v) is 3.64. The number of halogens is 3. The number of alkyl halides is 1. The Morgan fingerprint density at radius 3 is 2.83 bits per heavy atom. The first-order valence-corrected chi connectivity index (χ1v) is 5.33. The van der Waals surface area contributed by atoms with Crippen LogP contribution in [0.4, 0.5) is 4.39 Å². The van der Waals surface area contributed by atoms with Gasteiger partial charge < -0.3 is 0 Å². The minimum Gasteiger partial charge on any atom is -0.206 e. The average Bonchev–Trinajstić information content (AvgIpc) is 2.08. The van der Waals surface area contributed by atoms with E-state index in [4.69, 9.17) is 0 Å². The minimum atomic E-state index is -0.230. The number of allylic oxidation sites excluding steroid dienone is 1. The monoisotopic (exact) mass is 292 g/mol. The van der Waals surface area contributed by atoms with Crippen LogP contribution in [0.5, 0.6) is 0 Å². The fourth-order valence-corrected chi connectivity index (χ4v) is 1.40. The van der Waals surface area contributed by atoms with Crippen molar-refractivity contribution < 1.29 is 4.39 Å². The van der Waals surface area contributed by atoms with Gasteiger partial charge in [-0.3, -0.25) is 0 Å². The molecule has 0 saturated heterocycles. The molecule has 0 atom stereocenters. The Kier molecular flexibility index (Phi) is 3.95. The lowest BCUT2D eigenvalue weighted by Crippen LogP contribution is -1.80. The molecule has 0 heterocycles. The van der Waals surface area contributed by atoms with Gasteiger partial charge in [-0.15, -0.1) is 0 Å². The molecule has 0 N–H and O–H groups in total. The first kappa shape index (κ1) is 9.93. The second kappa shape index (κ2) is 4.77. The predicted molar refractivity (Wildman–Crippen MR) is 56.9 cm³/mol. The van der Waals surface area contributed by atoms with Crippen LogP contribution in [-0.4, -0.2) is 5.33 Å². The highest BCUT2D eigenvalue weighted by atomic mass is 79.9. The van der Waals surface area contributed by atoms with Crippen molar-refractivity contribution in [2.75, 3.05) is 5.33 Å². The van der Waals surface area contributed by atoms with Crippen LogP contribution >= 0.6 is 31.9 Å². The van der Waals surface area contributed by atoms with E-state index in [1.807, 2.05) is 18.2 Å². The smallest absolute Gasteiger partial charge is 0.137 e. The summed E-state index contributed by atoms with van der Waals surface area (Å²) in [6.07, 6.45) is 3.78. The van der Waals surface area contributed by atoms with Crippen LogP contribution < -0.4 is 0 Å².